The molecular weight excluding hydrogens is 434 g/mol. The zero-order chi connectivity index (χ0) is 24.0. The van der Waals surface area contributed by atoms with Crippen molar-refractivity contribution in [3.63, 3.8) is 0 Å². The summed E-state index contributed by atoms with van der Waals surface area (Å²) in [5.74, 6) is 3.00. The van der Waals surface area contributed by atoms with Crippen LogP contribution in [0, 0.1) is 11.8 Å². The molecule has 4 rings (SSSR count). The predicted octanol–water partition coefficient (Wildman–Crippen LogP) is 4.90. The molecule has 0 spiro atoms. The summed E-state index contributed by atoms with van der Waals surface area (Å²) >= 11 is 0. The lowest BCUT2D eigenvalue weighted by Gasteiger charge is -2.10. The highest BCUT2D eigenvalue weighted by molar-refractivity contribution is 5.95. The average Bonchev–Trinajstić information content (AvgIpc) is 3.54. The normalized spacial score (nSPS) is 12.7. The van der Waals surface area contributed by atoms with Gasteiger partial charge in [-0.3, -0.25) is 9.79 Å². The van der Waals surface area contributed by atoms with Gasteiger partial charge in [0.25, 0.3) is 11.8 Å². The fraction of sp³-hybridized carbons (Fsp3) is 0.222. The van der Waals surface area contributed by atoms with Crippen LogP contribution >= 0.6 is 0 Å². The Balaban J connectivity index is 1.52. The zero-order valence-corrected chi connectivity index (χ0v) is 18.8. The van der Waals surface area contributed by atoms with Gasteiger partial charge in [-0.2, -0.15) is 5.10 Å². The first-order valence-corrected chi connectivity index (χ1v) is 11.0. The molecule has 0 unspecified atom stereocenters. The second-order valence-electron chi connectivity index (χ2n) is 8.03. The summed E-state index contributed by atoms with van der Waals surface area (Å²) in [6.45, 7) is 2.16. The molecule has 3 aromatic rings. The number of carbonyl (C=O) groups is 1. The van der Waals surface area contributed by atoms with Crippen LogP contribution in [0.3, 0.4) is 0 Å². The monoisotopic (exact) mass is 458 g/mol. The maximum Gasteiger partial charge on any atom is 0.270 e. The van der Waals surface area contributed by atoms with E-state index in [2.05, 4.69) is 33.3 Å². The molecule has 0 saturated carbocycles. The molecule has 0 saturated heterocycles. The Morgan fingerprint density at radius 3 is 2.68 bits per heavy atom. The molecule has 0 radical (unpaired) electrons. The van der Waals surface area contributed by atoms with E-state index in [4.69, 9.17) is 0 Å². The molecule has 172 valence electrons. The highest BCUT2D eigenvalue weighted by Gasteiger charge is 2.23. The summed E-state index contributed by atoms with van der Waals surface area (Å²) in [7, 11) is 0. The van der Waals surface area contributed by atoms with E-state index in [0.29, 0.717) is 23.2 Å². The highest BCUT2D eigenvalue weighted by Crippen LogP contribution is 2.26. The summed E-state index contributed by atoms with van der Waals surface area (Å²) in [5.41, 5.74) is 3.55. The third kappa shape index (κ3) is 5.84. The van der Waals surface area contributed by atoms with Crippen LogP contribution in [0.5, 0.6) is 0 Å². The van der Waals surface area contributed by atoms with Crippen molar-refractivity contribution in [2.45, 2.75) is 25.7 Å². The summed E-state index contributed by atoms with van der Waals surface area (Å²) < 4.78 is 28.6. The molecule has 0 aliphatic carbocycles. The predicted molar refractivity (Wildman–Crippen MR) is 129 cm³/mol. The van der Waals surface area contributed by atoms with Crippen LogP contribution in [0.4, 0.5) is 8.78 Å². The third-order valence-electron chi connectivity index (χ3n) is 5.39. The number of hydrogen-bond donors (Lipinski definition) is 1. The first-order chi connectivity index (χ1) is 16.4. The standard InChI is InChI=1S/C27H24F2N4O/c1-27(28,29)24-10-6-20(7-11-24)5-8-22-18-23(9-12-25(22)33-17-3-15-32-33)26(34)31-14-2-4-21-13-16-30-19-21/h3,6-7,9-13,15,17-19H,2,4,14,16H2,1H3,(H,31,34). The molecule has 34 heavy (non-hydrogen) atoms. The van der Waals surface area contributed by atoms with Crippen LogP contribution in [-0.2, 0) is 5.92 Å². The molecule has 2 aromatic carbocycles. The number of carbonyl (C=O) groups excluding carboxylic acids is 1. The van der Waals surface area contributed by atoms with E-state index in [1.165, 1.54) is 17.7 Å². The number of nitrogens with zero attached hydrogens (tertiary/aromatic N) is 3. The van der Waals surface area contributed by atoms with Gasteiger partial charge in [0.2, 0.25) is 0 Å². The Kier molecular flexibility index (Phi) is 6.98. The number of rotatable bonds is 7. The first-order valence-electron chi connectivity index (χ1n) is 11.0. The molecule has 1 aromatic heterocycles. The van der Waals surface area contributed by atoms with Gasteiger partial charge in [0.15, 0.2) is 0 Å². The fourth-order valence-electron chi connectivity index (χ4n) is 3.53. The maximum atomic E-state index is 13.5. The van der Waals surface area contributed by atoms with Gasteiger partial charge in [0.1, 0.15) is 0 Å². The highest BCUT2D eigenvalue weighted by atomic mass is 19.3. The van der Waals surface area contributed by atoms with Crippen LogP contribution in [-0.4, -0.2) is 35.0 Å². The first kappa shape index (κ1) is 23.1. The van der Waals surface area contributed by atoms with Crippen LogP contribution < -0.4 is 5.32 Å². The quantitative estimate of drug-likeness (QED) is 0.404. The fourth-order valence-corrected chi connectivity index (χ4v) is 3.53. The van der Waals surface area contributed by atoms with Crippen LogP contribution in [0.2, 0.25) is 0 Å². The number of nitrogens with one attached hydrogen (secondary N) is 1. The number of alkyl halides is 2. The van der Waals surface area contributed by atoms with Crippen LogP contribution in [0.25, 0.3) is 5.69 Å². The second kappa shape index (κ2) is 10.3. The number of allylic oxidation sites excluding steroid dienone is 1. The summed E-state index contributed by atoms with van der Waals surface area (Å²) in [5, 5.41) is 7.21. The van der Waals surface area contributed by atoms with Crippen molar-refractivity contribution in [2.75, 3.05) is 13.1 Å². The molecule has 0 atom stereocenters. The van der Waals surface area contributed by atoms with E-state index in [0.717, 1.165) is 32.0 Å². The van der Waals surface area contributed by atoms with Gasteiger partial charge in [-0.25, -0.2) is 13.5 Å². The SMILES string of the molecule is CC(F)(F)c1ccc(C#Cc2cc(C(=O)NCCCC3=CCN=C3)ccc2-n2cccn2)cc1. The lowest BCUT2D eigenvalue weighted by atomic mass is 10.1. The Hall–Kier alpha value is -4.05. The van der Waals surface area contributed by atoms with Crippen molar-refractivity contribution < 1.29 is 13.6 Å². The average molecular weight is 459 g/mol. The molecule has 5 nitrogen and oxygen atoms in total. The summed E-state index contributed by atoms with van der Waals surface area (Å²) in [6.07, 6.45) is 9.12. The Morgan fingerprint density at radius 2 is 2.00 bits per heavy atom. The van der Waals surface area contributed by atoms with Crippen molar-refractivity contribution >= 4 is 12.1 Å². The smallest absolute Gasteiger partial charge is 0.270 e. The Bertz CT molecular complexity index is 1270. The Labute approximate surface area is 197 Å². The molecule has 1 amide bonds. The van der Waals surface area contributed by atoms with Gasteiger partial charge in [0, 0.05) is 48.8 Å². The van der Waals surface area contributed by atoms with Gasteiger partial charge in [-0.05, 0) is 54.8 Å². The van der Waals surface area contributed by atoms with E-state index in [-0.39, 0.29) is 11.5 Å². The van der Waals surface area contributed by atoms with Crippen molar-refractivity contribution in [1.82, 2.24) is 15.1 Å². The van der Waals surface area contributed by atoms with Crippen molar-refractivity contribution in [3.8, 4) is 17.5 Å². The topological polar surface area (TPSA) is 59.3 Å². The van der Waals surface area contributed by atoms with E-state index in [9.17, 15) is 13.6 Å². The lowest BCUT2D eigenvalue weighted by Crippen LogP contribution is -2.24. The Morgan fingerprint density at radius 1 is 1.18 bits per heavy atom. The number of benzene rings is 2. The maximum absolute atomic E-state index is 13.5. The van der Waals surface area contributed by atoms with Crippen molar-refractivity contribution in [2.24, 2.45) is 4.99 Å². The molecule has 0 bridgehead atoms. The largest absolute Gasteiger partial charge is 0.352 e. The number of halogens is 2. The molecule has 2 heterocycles. The van der Waals surface area contributed by atoms with Crippen LogP contribution in [0.1, 0.15) is 46.8 Å². The number of aliphatic imine (C=N–C) groups is 1. The number of hydrogen-bond acceptors (Lipinski definition) is 3. The molecule has 7 heteroatoms. The second-order valence-corrected chi connectivity index (χ2v) is 8.03. The van der Waals surface area contributed by atoms with Gasteiger partial charge in [0.05, 0.1) is 17.8 Å². The van der Waals surface area contributed by atoms with E-state index < -0.39 is 5.92 Å². The minimum atomic E-state index is -2.90. The lowest BCUT2D eigenvalue weighted by molar-refractivity contribution is 0.0174. The summed E-state index contributed by atoms with van der Waals surface area (Å²) in [4.78, 5) is 16.9. The summed E-state index contributed by atoms with van der Waals surface area (Å²) in [6, 6.07) is 12.9. The molecule has 0 fully saturated rings. The minimum Gasteiger partial charge on any atom is -0.352 e. The van der Waals surface area contributed by atoms with Gasteiger partial charge in [-0.1, -0.05) is 30.0 Å². The molecule has 1 N–H and O–H groups in total. The zero-order valence-electron chi connectivity index (χ0n) is 18.8. The van der Waals surface area contributed by atoms with E-state index in [1.54, 1.807) is 53.5 Å². The van der Waals surface area contributed by atoms with E-state index in [1.807, 2.05) is 6.21 Å². The third-order valence-corrected chi connectivity index (χ3v) is 5.39. The molecule has 1 aliphatic heterocycles. The van der Waals surface area contributed by atoms with Crippen molar-refractivity contribution in [3.05, 3.63) is 94.8 Å². The number of aromatic nitrogens is 2. The van der Waals surface area contributed by atoms with Gasteiger partial charge in [-0.15, -0.1) is 0 Å². The molecular formula is C27H24F2N4O. The van der Waals surface area contributed by atoms with Crippen LogP contribution in [0.15, 0.2) is 77.6 Å². The van der Waals surface area contributed by atoms with E-state index >= 15 is 0 Å². The van der Waals surface area contributed by atoms with Crippen molar-refractivity contribution in [1.29, 1.82) is 0 Å². The van der Waals surface area contributed by atoms with Gasteiger partial charge < -0.3 is 5.32 Å². The van der Waals surface area contributed by atoms with Gasteiger partial charge >= 0.3 is 0 Å². The number of amides is 1. The molecule has 1 aliphatic rings. The minimum absolute atomic E-state index is 0.0644.